The fraction of sp³-hybridized carbons (Fsp3) is 0.222. The van der Waals surface area contributed by atoms with E-state index >= 15 is 0 Å². The molecule has 0 saturated heterocycles. The first-order valence-electron chi connectivity index (χ1n) is 3.91. The molecule has 0 amide bonds. The van der Waals surface area contributed by atoms with Gasteiger partial charge in [-0.15, -0.1) is 0 Å². The van der Waals surface area contributed by atoms with Gasteiger partial charge in [-0.3, -0.25) is 0 Å². The van der Waals surface area contributed by atoms with Crippen LogP contribution < -0.4 is 0 Å². The molecule has 0 aliphatic heterocycles. The van der Waals surface area contributed by atoms with E-state index in [4.69, 9.17) is 16.7 Å². The van der Waals surface area contributed by atoms with Crippen molar-refractivity contribution in [3.05, 3.63) is 28.5 Å². The summed E-state index contributed by atoms with van der Waals surface area (Å²) >= 11 is 5.42. The Morgan fingerprint density at radius 3 is 2.86 bits per heavy atom. The van der Waals surface area contributed by atoms with Gasteiger partial charge in [0.15, 0.2) is 5.82 Å². The Kier molecular flexibility index (Phi) is 3.30. The lowest BCUT2D eigenvalue weighted by Crippen LogP contribution is -2.07. The van der Waals surface area contributed by atoms with Crippen molar-refractivity contribution in [1.82, 2.24) is 0 Å². The normalized spacial score (nSPS) is 9.93. The molecule has 0 aliphatic rings. The SMILES string of the molecule is CCOC(=O)c1cc(O)cc(Cl)c1F. The Bertz CT molecular complexity index is 365. The molecule has 0 atom stereocenters. The van der Waals surface area contributed by atoms with Gasteiger partial charge < -0.3 is 9.84 Å². The molecular weight excluding hydrogens is 211 g/mol. The number of hydrogen-bond donors (Lipinski definition) is 1. The number of ether oxygens (including phenoxy) is 1. The number of benzene rings is 1. The molecule has 5 heteroatoms. The number of carbonyl (C=O) groups is 1. The molecule has 3 nitrogen and oxygen atoms in total. The maximum absolute atomic E-state index is 13.2. The third-order valence-electron chi connectivity index (χ3n) is 1.51. The first kappa shape index (κ1) is 10.8. The minimum absolute atomic E-state index is 0.131. The van der Waals surface area contributed by atoms with Crippen LogP contribution in [0.5, 0.6) is 5.75 Å². The molecule has 0 saturated carbocycles. The molecule has 0 unspecified atom stereocenters. The number of phenols is 1. The molecule has 0 aliphatic carbocycles. The summed E-state index contributed by atoms with van der Waals surface area (Å²) in [7, 11) is 0. The molecule has 0 fully saturated rings. The first-order chi connectivity index (χ1) is 6.56. The van der Waals surface area contributed by atoms with E-state index < -0.39 is 11.8 Å². The van der Waals surface area contributed by atoms with Crippen LogP contribution in [0.4, 0.5) is 4.39 Å². The van der Waals surface area contributed by atoms with E-state index in [0.717, 1.165) is 12.1 Å². The highest BCUT2D eigenvalue weighted by atomic mass is 35.5. The van der Waals surface area contributed by atoms with Crippen LogP contribution in [-0.4, -0.2) is 17.7 Å². The highest BCUT2D eigenvalue weighted by Gasteiger charge is 2.16. The van der Waals surface area contributed by atoms with E-state index in [1.165, 1.54) is 0 Å². The third kappa shape index (κ3) is 2.14. The van der Waals surface area contributed by atoms with Gasteiger partial charge in [0, 0.05) is 6.07 Å². The van der Waals surface area contributed by atoms with E-state index in [0.29, 0.717) is 0 Å². The molecule has 0 radical (unpaired) electrons. The quantitative estimate of drug-likeness (QED) is 0.776. The molecule has 76 valence electrons. The smallest absolute Gasteiger partial charge is 0.341 e. The largest absolute Gasteiger partial charge is 0.508 e. The molecule has 1 aromatic rings. The Balaban J connectivity index is 3.13. The van der Waals surface area contributed by atoms with Gasteiger partial charge in [0.25, 0.3) is 0 Å². The number of halogens is 2. The third-order valence-corrected chi connectivity index (χ3v) is 1.78. The zero-order valence-corrected chi connectivity index (χ0v) is 8.14. The second-order valence-electron chi connectivity index (χ2n) is 2.51. The molecule has 1 rings (SSSR count). The fourth-order valence-corrected chi connectivity index (χ4v) is 1.15. The molecule has 0 heterocycles. The van der Waals surface area contributed by atoms with Crippen LogP contribution in [0.15, 0.2) is 12.1 Å². The maximum Gasteiger partial charge on any atom is 0.341 e. The van der Waals surface area contributed by atoms with E-state index in [-0.39, 0.29) is 22.9 Å². The molecule has 14 heavy (non-hydrogen) atoms. The van der Waals surface area contributed by atoms with Crippen molar-refractivity contribution in [2.45, 2.75) is 6.92 Å². The maximum atomic E-state index is 13.2. The van der Waals surface area contributed by atoms with Crippen LogP contribution >= 0.6 is 11.6 Å². The zero-order valence-electron chi connectivity index (χ0n) is 7.38. The number of hydrogen-bond acceptors (Lipinski definition) is 3. The van der Waals surface area contributed by atoms with Gasteiger partial charge in [0.05, 0.1) is 11.6 Å². The molecule has 1 aromatic carbocycles. The second-order valence-corrected chi connectivity index (χ2v) is 2.92. The summed E-state index contributed by atoms with van der Waals surface area (Å²) in [6.45, 7) is 1.73. The Morgan fingerprint density at radius 2 is 2.29 bits per heavy atom. The summed E-state index contributed by atoms with van der Waals surface area (Å²) in [4.78, 5) is 11.1. The average Bonchev–Trinajstić information content (AvgIpc) is 2.11. The van der Waals surface area contributed by atoms with E-state index in [2.05, 4.69) is 4.74 Å². The minimum atomic E-state index is -0.886. The monoisotopic (exact) mass is 218 g/mol. The summed E-state index contributed by atoms with van der Waals surface area (Å²) in [5.41, 5.74) is -0.364. The first-order valence-corrected chi connectivity index (χ1v) is 4.29. The van der Waals surface area contributed by atoms with E-state index in [1.807, 2.05) is 0 Å². The van der Waals surface area contributed by atoms with Crippen LogP contribution in [0.1, 0.15) is 17.3 Å². The summed E-state index contributed by atoms with van der Waals surface area (Å²) in [6.07, 6.45) is 0. The van der Waals surface area contributed by atoms with Crippen molar-refractivity contribution >= 4 is 17.6 Å². The Hall–Kier alpha value is -1.29. The van der Waals surface area contributed by atoms with Crippen LogP contribution in [0.25, 0.3) is 0 Å². The Morgan fingerprint density at radius 1 is 1.64 bits per heavy atom. The van der Waals surface area contributed by atoms with E-state index in [9.17, 15) is 9.18 Å². The van der Waals surface area contributed by atoms with Crippen molar-refractivity contribution in [3.63, 3.8) is 0 Å². The standard InChI is InChI=1S/C9H8ClFO3/c1-2-14-9(13)6-3-5(12)4-7(10)8(6)11/h3-4,12H,2H2,1H3. The predicted molar refractivity (Wildman–Crippen MR) is 49.0 cm³/mol. The van der Waals surface area contributed by atoms with Gasteiger partial charge in [0.2, 0.25) is 0 Å². The lowest BCUT2D eigenvalue weighted by atomic mass is 10.2. The minimum Gasteiger partial charge on any atom is -0.508 e. The lowest BCUT2D eigenvalue weighted by Gasteiger charge is -2.04. The van der Waals surface area contributed by atoms with Gasteiger partial charge in [-0.05, 0) is 13.0 Å². The predicted octanol–water partition coefficient (Wildman–Crippen LogP) is 2.36. The summed E-state index contributed by atoms with van der Waals surface area (Å²) in [5.74, 6) is -2.01. The fourth-order valence-electron chi connectivity index (χ4n) is 0.932. The van der Waals surface area contributed by atoms with Gasteiger partial charge in [-0.25, -0.2) is 9.18 Å². The second kappa shape index (κ2) is 4.28. The number of aromatic hydroxyl groups is 1. The molecule has 0 spiro atoms. The highest BCUT2D eigenvalue weighted by molar-refractivity contribution is 6.31. The molecule has 0 bridgehead atoms. The number of esters is 1. The van der Waals surface area contributed by atoms with E-state index in [1.54, 1.807) is 6.92 Å². The van der Waals surface area contributed by atoms with Crippen molar-refractivity contribution in [1.29, 1.82) is 0 Å². The number of phenolic OH excluding ortho intramolecular Hbond substituents is 1. The van der Waals surface area contributed by atoms with Crippen LogP contribution in [0, 0.1) is 5.82 Å². The molecular formula is C9H8ClFO3. The van der Waals surface area contributed by atoms with Crippen molar-refractivity contribution in [2.24, 2.45) is 0 Å². The van der Waals surface area contributed by atoms with Crippen LogP contribution in [0.3, 0.4) is 0 Å². The van der Waals surface area contributed by atoms with Crippen LogP contribution in [-0.2, 0) is 4.74 Å². The van der Waals surface area contributed by atoms with Crippen molar-refractivity contribution < 1.29 is 19.0 Å². The average molecular weight is 219 g/mol. The van der Waals surface area contributed by atoms with Gasteiger partial charge in [-0.1, -0.05) is 11.6 Å². The summed E-state index contributed by atoms with van der Waals surface area (Å²) in [5, 5.41) is 8.76. The van der Waals surface area contributed by atoms with Crippen molar-refractivity contribution in [3.8, 4) is 5.75 Å². The number of carbonyl (C=O) groups excluding carboxylic acids is 1. The van der Waals surface area contributed by atoms with Crippen LogP contribution in [0.2, 0.25) is 5.02 Å². The van der Waals surface area contributed by atoms with Gasteiger partial charge in [0.1, 0.15) is 11.3 Å². The highest BCUT2D eigenvalue weighted by Crippen LogP contribution is 2.24. The zero-order chi connectivity index (χ0) is 10.7. The summed E-state index contributed by atoms with van der Waals surface area (Å²) in [6, 6.07) is 1.98. The lowest BCUT2D eigenvalue weighted by molar-refractivity contribution is 0.0520. The molecule has 1 N–H and O–H groups in total. The van der Waals surface area contributed by atoms with Crippen molar-refractivity contribution in [2.75, 3.05) is 6.61 Å². The topological polar surface area (TPSA) is 46.5 Å². The molecule has 0 aromatic heterocycles. The van der Waals surface area contributed by atoms with Gasteiger partial charge in [-0.2, -0.15) is 0 Å². The Labute approximate surface area is 85.1 Å². The summed E-state index contributed by atoms with van der Waals surface area (Å²) < 4.78 is 17.8. The van der Waals surface area contributed by atoms with Gasteiger partial charge >= 0.3 is 5.97 Å². The number of rotatable bonds is 2.